The lowest BCUT2D eigenvalue weighted by atomic mass is 9.80. The van der Waals surface area contributed by atoms with E-state index in [2.05, 4.69) is 489 Å². The van der Waals surface area contributed by atoms with Gasteiger partial charge in [-0.2, -0.15) is 0 Å². The molecule has 0 atom stereocenters. The van der Waals surface area contributed by atoms with Crippen LogP contribution in [0.25, 0.3) is 0 Å². The van der Waals surface area contributed by atoms with Crippen molar-refractivity contribution in [3.8, 4) is 23.0 Å². The van der Waals surface area contributed by atoms with Crippen LogP contribution < -0.4 is 79.9 Å². The van der Waals surface area contributed by atoms with Gasteiger partial charge in [-0.1, -0.05) is 437 Å². The SMILES string of the molecule is Cc1cc(C(c2ccc(C(c3ccc(O[Si](c4ccccc4)(c4ccccc4)c4ccccc4)c(C)c3)c3ccc(O[Si](c4ccccc4)(c4ccccc4)c4ccccc4)c(C)c3)cc2)c2ccc(O[Si](c3ccccc3)(c3ccccc3)c3ccccc3)c(C)c2)ccc1O[Si](c1ccccc1)(c1ccccc1)c1ccccc1. The fourth-order valence-electron chi connectivity index (χ4n) is 17.3. The number of benzene rings is 17. The summed E-state index contributed by atoms with van der Waals surface area (Å²) in [4.78, 5) is 0. The zero-order valence-corrected chi connectivity index (χ0v) is 69.7. The minimum Gasteiger partial charge on any atom is -0.530 e. The van der Waals surface area contributed by atoms with Gasteiger partial charge in [0.25, 0.3) is 0 Å². The first kappa shape index (κ1) is 75.5. The Hall–Kier alpha value is -13.2. The fourth-order valence-corrected chi connectivity index (χ4v) is 32.9. The van der Waals surface area contributed by atoms with E-state index in [0.717, 1.165) is 78.6 Å². The standard InChI is InChI=1S/C108H90O4Si4/c1-81-77-87(69-73-103(81)109-113(91-41-17-5-18-42-91,92-43-19-6-20-44-92)93-45-21-7-22-46-93)107(88-70-74-104(82(2)78-88)110-114(94-47-23-8-24-48-94,95-49-25-9-26-50-95)96-51-27-10-28-52-96)85-65-67-86(68-66-85)108(89-71-75-105(83(3)79-89)111-115(97-53-29-11-30-54-97,98-55-31-12-32-56-98)99-57-33-13-34-58-99)90-72-76-106(84(4)80-90)112-116(100-59-35-14-36-60-100,101-61-37-15-38-62-101)102-63-39-16-40-64-102/h5-80,107-108H,1-4H3. The van der Waals surface area contributed by atoms with Crippen molar-refractivity contribution in [3.05, 3.63) is 517 Å². The lowest BCUT2D eigenvalue weighted by Crippen LogP contribution is -2.71. The van der Waals surface area contributed by atoms with Gasteiger partial charge in [-0.15, -0.1) is 0 Å². The van der Waals surface area contributed by atoms with Crippen LogP contribution in [0.4, 0.5) is 0 Å². The van der Waals surface area contributed by atoms with Crippen LogP contribution in [-0.4, -0.2) is 33.3 Å². The lowest BCUT2D eigenvalue weighted by molar-refractivity contribution is 0.570. The van der Waals surface area contributed by atoms with Crippen LogP contribution in [-0.2, 0) is 0 Å². The molecule has 0 amide bonds. The van der Waals surface area contributed by atoms with Gasteiger partial charge in [-0.3, -0.25) is 0 Å². The highest BCUT2D eigenvalue weighted by atomic mass is 28.4. The second kappa shape index (κ2) is 33.9. The van der Waals surface area contributed by atoms with Crippen LogP contribution >= 0.6 is 0 Å². The van der Waals surface area contributed by atoms with Crippen molar-refractivity contribution in [2.24, 2.45) is 0 Å². The predicted octanol–water partition coefficient (Wildman–Crippen LogP) is 17.5. The van der Waals surface area contributed by atoms with Crippen LogP contribution in [0.5, 0.6) is 23.0 Å². The Morgan fingerprint density at radius 1 is 0.147 bits per heavy atom. The van der Waals surface area contributed by atoms with E-state index in [9.17, 15) is 0 Å². The molecule has 0 saturated carbocycles. The number of aryl methyl sites for hydroxylation is 4. The van der Waals surface area contributed by atoms with Gasteiger partial charge < -0.3 is 17.7 Å². The van der Waals surface area contributed by atoms with Crippen molar-refractivity contribution < 1.29 is 17.7 Å². The fraction of sp³-hybridized carbons (Fsp3) is 0.0556. The van der Waals surface area contributed by atoms with Gasteiger partial charge in [0.05, 0.1) is 0 Å². The van der Waals surface area contributed by atoms with Crippen LogP contribution in [0.2, 0.25) is 0 Å². The van der Waals surface area contributed by atoms with E-state index < -0.39 is 33.3 Å². The van der Waals surface area contributed by atoms with Crippen molar-refractivity contribution >= 4 is 95.5 Å². The van der Waals surface area contributed by atoms with Crippen LogP contribution in [0.3, 0.4) is 0 Å². The number of hydrogen-bond acceptors (Lipinski definition) is 4. The molecule has 0 radical (unpaired) electrons. The third-order valence-electron chi connectivity index (χ3n) is 22.9. The quantitative estimate of drug-likeness (QED) is 0.0400. The van der Waals surface area contributed by atoms with E-state index in [-0.39, 0.29) is 11.8 Å². The lowest BCUT2D eigenvalue weighted by Gasteiger charge is -2.34. The van der Waals surface area contributed by atoms with Gasteiger partial charge in [0.15, 0.2) is 0 Å². The second-order valence-electron chi connectivity index (χ2n) is 30.2. The topological polar surface area (TPSA) is 36.9 Å². The molecule has 4 nitrogen and oxygen atoms in total. The van der Waals surface area contributed by atoms with E-state index in [1.54, 1.807) is 0 Å². The molecular weight excluding hydrogens is 1470 g/mol. The zero-order valence-electron chi connectivity index (χ0n) is 65.7. The van der Waals surface area contributed by atoms with Crippen molar-refractivity contribution in [2.45, 2.75) is 39.5 Å². The Morgan fingerprint density at radius 3 is 0.388 bits per heavy atom. The van der Waals surface area contributed by atoms with Gasteiger partial charge in [0.1, 0.15) is 23.0 Å². The Labute approximate surface area is 687 Å². The molecule has 0 aromatic heterocycles. The minimum absolute atomic E-state index is 0.231. The van der Waals surface area contributed by atoms with Gasteiger partial charge in [0.2, 0.25) is 0 Å². The first-order valence-corrected chi connectivity index (χ1v) is 47.7. The Bertz CT molecular complexity index is 4980. The van der Waals surface area contributed by atoms with E-state index in [1.807, 2.05) is 0 Å². The summed E-state index contributed by atoms with van der Waals surface area (Å²) in [7, 11) is -12.8. The molecule has 0 aliphatic carbocycles. The number of hydrogen-bond donors (Lipinski definition) is 0. The summed E-state index contributed by atoms with van der Waals surface area (Å²) in [5, 5.41) is 14.0. The smallest absolute Gasteiger partial charge is 0.346 e. The molecule has 17 rings (SSSR count). The molecular formula is C108H90O4Si4. The van der Waals surface area contributed by atoms with Crippen LogP contribution in [0.15, 0.2) is 461 Å². The summed E-state index contributed by atoms with van der Waals surface area (Å²) < 4.78 is 31.5. The molecule has 0 fully saturated rings. The molecule has 0 N–H and O–H groups in total. The van der Waals surface area contributed by atoms with Crippen molar-refractivity contribution in [2.75, 3.05) is 0 Å². The summed E-state index contributed by atoms with van der Waals surface area (Å²) in [5.74, 6) is 2.92. The summed E-state index contributed by atoms with van der Waals surface area (Å²) in [5.41, 5.74) is 11.0. The molecule has 562 valence electrons. The molecule has 0 unspecified atom stereocenters. The molecule has 17 aromatic rings. The maximum absolute atomic E-state index is 7.87. The third-order valence-corrected chi connectivity index (χ3v) is 38.8. The van der Waals surface area contributed by atoms with Gasteiger partial charge in [-0.05, 0) is 170 Å². The monoisotopic (exact) mass is 1560 g/mol. The third kappa shape index (κ3) is 14.8. The summed E-state index contributed by atoms with van der Waals surface area (Å²) in [6.07, 6.45) is 0. The Balaban J connectivity index is 0.818. The van der Waals surface area contributed by atoms with Gasteiger partial charge in [-0.25, -0.2) is 0 Å². The molecule has 0 saturated heterocycles. The molecule has 17 aromatic carbocycles. The first-order chi connectivity index (χ1) is 57.1. The van der Waals surface area contributed by atoms with E-state index in [0.29, 0.717) is 0 Å². The maximum atomic E-state index is 7.87. The molecule has 0 bridgehead atoms. The second-order valence-corrected chi connectivity index (χ2v) is 43.4. The predicted molar refractivity (Wildman–Crippen MR) is 491 cm³/mol. The Kier molecular flexibility index (Phi) is 22.0. The molecule has 8 heteroatoms. The molecule has 0 heterocycles. The average molecular weight is 1560 g/mol. The van der Waals surface area contributed by atoms with E-state index >= 15 is 0 Å². The minimum atomic E-state index is -3.19. The molecule has 0 spiro atoms. The van der Waals surface area contributed by atoms with Crippen LogP contribution in [0, 0.1) is 27.7 Å². The molecule has 0 aliphatic rings. The number of rotatable bonds is 26. The largest absolute Gasteiger partial charge is 0.530 e. The maximum Gasteiger partial charge on any atom is 0.346 e. The van der Waals surface area contributed by atoms with Gasteiger partial charge >= 0.3 is 33.3 Å². The van der Waals surface area contributed by atoms with Crippen molar-refractivity contribution in [3.63, 3.8) is 0 Å². The highest BCUT2D eigenvalue weighted by molar-refractivity contribution is 7.09. The Morgan fingerprint density at radius 2 is 0.267 bits per heavy atom. The van der Waals surface area contributed by atoms with Crippen LogP contribution in [0.1, 0.15) is 67.5 Å². The highest BCUT2D eigenvalue weighted by Crippen LogP contribution is 2.42. The summed E-state index contributed by atoms with van der Waals surface area (Å²) in [6.45, 7) is 8.85. The highest BCUT2D eigenvalue weighted by Gasteiger charge is 2.48. The first-order valence-electron chi connectivity index (χ1n) is 40.1. The molecule has 0 aliphatic heterocycles. The van der Waals surface area contributed by atoms with E-state index in [4.69, 9.17) is 17.7 Å². The normalized spacial score (nSPS) is 11.8. The van der Waals surface area contributed by atoms with Gasteiger partial charge in [0, 0.05) is 11.8 Å². The summed E-state index contributed by atoms with van der Waals surface area (Å²) in [6, 6.07) is 167. The average Bonchev–Trinajstić information content (AvgIpc) is 0.759. The molecule has 116 heavy (non-hydrogen) atoms. The van der Waals surface area contributed by atoms with E-state index in [1.165, 1.54) is 62.2 Å². The zero-order chi connectivity index (χ0) is 78.7. The van der Waals surface area contributed by atoms with Crippen molar-refractivity contribution in [1.29, 1.82) is 0 Å². The summed E-state index contributed by atoms with van der Waals surface area (Å²) >= 11 is 0. The van der Waals surface area contributed by atoms with Crippen molar-refractivity contribution in [1.82, 2.24) is 0 Å².